The van der Waals surface area contributed by atoms with Crippen molar-refractivity contribution in [2.45, 2.75) is 77.4 Å². The highest BCUT2D eigenvalue weighted by atomic mass is 16.5. The summed E-state index contributed by atoms with van der Waals surface area (Å²) in [4.78, 5) is 0. The number of aliphatic hydroxyl groups is 1. The largest absolute Gasteiger partial charge is 0.393 e. The summed E-state index contributed by atoms with van der Waals surface area (Å²) in [5.41, 5.74) is 0.649. The SMILES string of the molecule is C[C@@]12CC[C@@H]3[C@H](CC[C@H]4OCCC[C@]34C)[C@@H]1CC[C@@H]2O. The number of fused-ring (bicyclic) bond motifs is 5. The molecule has 1 aliphatic heterocycles. The number of rotatable bonds is 0. The van der Waals surface area contributed by atoms with Crippen LogP contribution < -0.4 is 0 Å². The zero-order valence-corrected chi connectivity index (χ0v) is 13.1. The van der Waals surface area contributed by atoms with Gasteiger partial charge in [-0.25, -0.2) is 0 Å². The molecule has 0 spiro atoms. The highest BCUT2D eigenvalue weighted by Crippen LogP contribution is 2.64. The van der Waals surface area contributed by atoms with Crippen LogP contribution in [-0.2, 0) is 4.74 Å². The zero-order chi connectivity index (χ0) is 14.0. The summed E-state index contributed by atoms with van der Waals surface area (Å²) in [7, 11) is 0. The minimum Gasteiger partial charge on any atom is -0.393 e. The van der Waals surface area contributed by atoms with Gasteiger partial charge in [0.2, 0.25) is 0 Å². The van der Waals surface area contributed by atoms with Crippen molar-refractivity contribution in [1.29, 1.82) is 0 Å². The molecule has 1 heterocycles. The van der Waals surface area contributed by atoms with E-state index in [1.807, 2.05) is 0 Å². The van der Waals surface area contributed by atoms with Crippen LogP contribution >= 0.6 is 0 Å². The monoisotopic (exact) mass is 278 g/mol. The second kappa shape index (κ2) is 4.46. The van der Waals surface area contributed by atoms with Crippen molar-refractivity contribution >= 4 is 0 Å². The van der Waals surface area contributed by atoms with Gasteiger partial charge in [0.15, 0.2) is 0 Å². The Morgan fingerprint density at radius 1 is 0.900 bits per heavy atom. The standard InChI is InChI=1S/C18H30O2/c1-17-10-8-14-12(13(17)5-6-15(17)19)4-7-16-18(14,2)9-3-11-20-16/h12-16,19H,3-11H2,1-2H3/t12-,13+,14-,15+,16-,17-,18-/m1/s1. The van der Waals surface area contributed by atoms with E-state index in [0.29, 0.717) is 11.5 Å². The Hall–Kier alpha value is -0.0800. The van der Waals surface area contributed by atoms with Crippen LogP contribution in [0.25, 0.3) is 0 Å². The summed E-state index contributed by atoms with van der Waals surface area (Å²) in [6, 6.07) is 0. The predicted molar refractivity (Wildman–Crippen MR) is 79.4 cm³/mol. The van der Waals surface area contributed by atoms with E-state index in [0.717, 1.165) is 30.8 Å². The molecule has 0 bridgehead atoms. The van der Waals surface area contributed by atoms with E-state index >= 15 is 0 Å². The quantitative estimate of drug-likeness (QED) is 0.731. The molecule has 4 fully saturated rings. The molecule has 1 saturated heterocycles. The maximum Gasteiger partial charge on any atom is 0.0631 e. The van der Waals surface area contributed by atoms with E-state index in [4.69, 9.17) is 4.74 Å². The summed E-state index contributed by atoms with van der Waals surface area (Å²) in [6.07, 6.45) is 10.6. The Balaban J connectivity index is 1.64. The van der Waals surface area contributed by atoms with Crippen molar-refractivity contribution in [3.05, 3.63) is 0 Å². The maximum absolute atomic E-state index is 10.4. The highest BCUT2D eigenvalue weighted by molar-refractivity contribution is 5.09. The first-order valence-corrected chi connectivity index (χ1v) is 8.85. The minimum absolute atomic E-state index is 0.0402. The van der Waals surface area contributed by atoms with E-state index in [1.165, 1.54) is 44.9 Å². The molecule has 20 heavy (non-hydrogen) atoms. The van der Waals surface area contributed by atoms with E-state index in [2.05, 4.69) is 13.8 Å². The Bertz CT molecular complexity index is 395. The van der Waals surface area contributed by atoms with Crippen LogP contribution in [-0.4, -0.2) is 23.9 Å². The van der Waals surface area contributed by atoms with Crippen LogP contribution in [0.2, 0.25) is 0 Å². The normalized spacial score (nSPS) is 58.6. The van der Waals surface area contributed by atoms with Gasteiger partial charge in [-0.3, -0.25) is 0 Å². The van der Waals surface area contributed by atoms with Gasteiger partial charge in [0.05, 0.1) is 12.2 Å². The predicted octanol–water partition coefficient (Wildman–Crippen LogP) is 3.77. The molecule has 7 atom stereocenters. The molecule has 0 unspecified atom stereocenters. The van der Waals surface area contributed by atoms with Crippen LogP contribution in [0.5, 0.6) is 0 Å². The number of aliphatic hydroxyl groups excluding tert-OH is 1. The first-order chi connectivity index (χ1) is 9.56. The lowest BCUT2D eigenvalue weighted by Gasteiger charge is -2.59. The van der Waals surface area contributed by atoms with Gasteiger partial charge < -0.3 is 9.84 Å². The first-order valence-electron chi connectivity index (χ1n) is 8.85. The summed E-state index contributed by atoms with van der Waals surface area (Å²) >= 11 is 0. The molecular weight excluding hydrogens is 248 g/mol. The molecule has 0 aromatic heterocycles. The van der Waals surface area contributed by atoms with Crippen LogP contribution in [0.15, 0.2) is 0 Å². The molecule has 2 nitrogen and oxygen atoms in total. The molecule has 0 radical (unpaired) electrons. The van der Waals surface area contributed by atoms with Gasteiger partial charge in [0.1, 0.15) is 0 Å². The lowest BCUT2D eigenvalue weighted by atomic mass is 9.48. The minimum atomic E-state index is -0.0402. The van der Waals surface area contributed by atoms with Gasteiger partial charge in [0.25, 0.3) is 0 Å². The molecule has 3 saturated carbocycles. The fourth-order valence-corrected chi connectivity index (χ4v) is 6.69. The van der Waals surface area contributed by atoms with Gasteiger partial charge in [-0.2, -0.15) is 0 Å². The maximum atomic E-state index is 10.4. The molecule has 0 aromatic rings. The lowest BCUT2D eigenvalue weighted by Crippen LogP contribution is -2.56. The van der Waals surface area contributed by atoms with E-state index < -0.39 is 0 Å². The van der Waals surface area contributed by atoms with E-state index in [9.17, 15) is 5.11 Å². The third-order valence-electron chi connectivity index (χ3n) is 7.91. The van der Waals surface area contributed by atoms with Crippen LogP contribution in [0.1, 0.15) is 65.2 Å². The molecule has 3 aliphatic carbocycles. The van der Waals surface area contributed by atoms with Gasteiger partial charge in [-0.05, 0) is 80.0 Å². The summed E-state index contributed by atoms with van der Waals surface area (Å²) in [6.45, 7) is 5.87. The van der Waals surface area contributed by atoms with E-state index in [-0.39, 0.29) is 11.5 Å². The molecule has 4 rings (SSSR count). The van der Waals surface area contributed by atoms with Gasteiger partial charge in [-0.15, -0.1) is 0 Å². The number of ether oxygens (including phenoxy) is 1. The number of hydrogen-bond donors (Lipinski definition) is 1. The Morgan fingerprint density at radius 2 is 1.70 bits per heavy atom. The van der Waals surface area contributed by atoms with Crippen molar-refractivity contribution < 1.29 is 9.84 Å². The van der Waals surface area contributed by atoms with Crippen molar-refractivity contribution in [2.75, 3.05) is 6.61 Å². The smallest absolute Gasteiger partial charge is 0.0631 e. The third kappa shape index (κ3) is 1.64. The van der Waals surface area contributed by atoms with Crippen LogP contribution in [0.4, 0.5) is 0 Å². The van der Waals surface area contributed by atoms with Gasteiger partial charge in [-0.1, -0.05) is 13.8 Å². The van der Waals surface area contributed by atoms with Gasteiger partial charge in [0, 0.05) is 6.61 Å². The Labute approximate surface area is 123 Å². The van der Waals surface area contributed by atoms with E-state index in [1.54, 1.807) is 0 Å². The Morgan fingerprint density at radius 3 is 2.55 bits per heavy atom. The third-order valence-corrected chi connectivity index (χ3v) is 7.91. The summed E-state index contributed by atoms with van der Waals surface area (Å²) in [5.74, 6) is 2.48. The van der Waals surface area contributed by atoms with Crippen molar-refractivity contribution in [3.8, 4) is 0 Å². The van der Waals surface area contributed by atoms with Crippen molar-refractivity contribution in [2.24, 2.45) is 28.6 Å². The second-order valence-electron chi connectivity index (χ2n) is 8.56. The second-order valence-corrected chi connectivity index (χ2v) is 8.56. The fraction of sp³-hybridized carbons (Fsp3) is 1.00. The first kappa shape index (κ1) is 13.6. The molecule has 0 amide bonds. The van der Waals surface area contributed by atoms with Crippen molar-refractivity contribution in [3.63, 3.8) is 0 Å². The molecule has 4 aliphatic rings. The average Bonchev–Trinajstić information content (AvgIpc) is 2.74. The highest BCUT2D eigenvalue weighted by Gasteiger charge is 2.59. The summed E-state index contributed by atoms with van der Waals surface area (Å²) in [5, 5.41) is 10.4. The topological polar surface area (TPSA) is 29.5 Å². The molecule has 2 heteroatoms. The molecule has 1 N–H and O–H groups in total. The average molecular weight is 278 g/mol. The fourth-order valence-electron chi connectivity index (χ4n) is 6.69. The van der Waals surface area contributed by atoms with Crippen LogP contribution in [0, 0.1) is 28.6 Å². The molecule has 0 aromatic carbocycles. The molecular formula is C18H30O2. The van der Waals surface area contributed by atoms with Crippen molar-refractivity contribution in [1.82, 2.24) is 0 Å². The Kier molecular flexibility index (Phi) is 3.03. The summed E-state index contributed by atoms with van der Waals surface area (Å²) < 4.78 is 6.14. The van der Waals surface area contributed by atoms with Crippen LogP contribution in [0.3, 0.4) is 0 Å². The van der Waals surface area contributed by atoms with Gasteiger partial charge >= 0.3 is 0 Å². The number of hydrogen-bond acceptors (Lipinski definition) is 2. The lowest BCUT2D eigenvalue weighted by molar-refractivity contribution is -0.177. The zero-order valence-electron chi connectivity index (χ0n) is 13.1. The molecule has 114 valence electrons.